The largest absolute Gasteiger partial charge is 0.484 e. The molecule has 0 unspecified atom stereocenters. The Morgan fingerprint density at radius 2 is 1.94 bits per heavy atom. The van der Waals surface area contributed by atoms with Crippen LogP contribution in [0.25, 0.3) is 0 Å². The summed E-state index contributed by atoms with van der Waals surface area (Å²) in [7, 11) is 0. The van der Waals surface area contributed by atoms with Gasteiger partial charge >= 0.3 is 6.09 Å². The maximum Gasteiger partial charge on any atom is 0.436 e. The maximum absolute atomic E-state index is 11.2. The lowest BCUT2D eigenvalue weighted by Gasteiger charge is -2.05. The van der Waals surface area contributed by atoms with Crippen LogP contribution in [0.2, 0.25) is 5.02 Å². The van der Waals surface area contributed by atoms with E-state index in [1.807, 2.05) is 6.92 Å². The van der Waals surface area contributed by atoms with Crippen LogP contribution in [-0.4, -0.2) is 25.2 Å². The first-order valence-corrected chi connectivity index (χ1v) is 5.79. The van der Waals surface area contributed by atoms with Crippen molar-refractivity contribution in [2.75, 3.05) is 13.2 Å². The fraction of sp³-hybridized carbons (Fsp3) is 0.333. The van der Waals surface area contributed by atoms with Crippen molar-refractivity contribution in [3.8, 4) is 5.75 Å². The zero-order chi connectivity index (χ0) is 13.4. The molecular formula is C12H13ClNO4. The number of rotatable bonds is 5. The molecule has 0 N–H and O–H groups in total. The average Bonchev–Trinajstić information content (AvgIpc) is 2.35. The molecule has 0 saturated carbocycles. The molecule has 1 aromatic carbocycles. The van der Waals surface area contributed by atoms with Crippen LogP contribution in [0.1, 0.15) is 13.3 Å². The number of nitrogens with zero attached hydrogens (tertiary/aromatic N) is 1. The molecule has 1 aromatic rings. The Labute approximate surface area is 110 Å². The van der Waals surface area contributed by atoms with Gasteiger partial charge in [0.15, 0.2) is 6.61 Å². The number of carbonyl (C=O) groups excluding carboxylic acids is 2. The number of carbonyl (C=O) groups is 2. The fourth-order valence-electron chi connectivity index (χ4n) is 1.03. The molecule has 1 radical (unpaired) electrons. The minimum atomic E-state index is -0.887. The molecule has 0 atom stereocenters. The van der Waals surface area contributed by atoms with Gasteiger partial charge in [0.2, 0.25) is 0 Å². The van der Waals surface area contributed by atoms with Gasteiger partial charge in [-0.05, 0) is 30.7 Å². The molecule has 0 heterocycles. The highest BCUT2D eigenvalue weighted by Crippen LogP contribution is 2.15. The predicted molar refractivity (Wildman–Crippen MR) is 65.7 cm³/mol. The first-order chi connectivity index (χ1) is 8.61. The quantitative estimate of drug-likeness (QED) is 0.824. The molecule has 0 aliphatic heterocycles. The molecule has 0 aliphatic carbocycles. The molecule has 2 amide bonds. The summed E-state index contributed by atoms with van der Waals surface area (Å²) in [6.07, 6.45) is -0.210. The van der Waals surface area contributed by atoms with Gasteiger partial charge in [0, 0.05) is 5.02 Å². The van der Waals surface area contributed by atoms with Crippen LogP contribution >= 0.6 is 11.6 Å². The Kier molecular flexibility index (Phi) is 6.00. The Morgan fingerprint density at radius 1 is 1.28 bits per heavy atom. The van der Waals surface area contributed by atoms with E-state index in [4.69, 9.17) is 16.3 Å². The van der Waals surface area contributed by atoms with Crippen molar-refractivity contribution in [3.63, 3.8) is 0 Å². The minimum absolute atomic E-state index is 0.244. The molecule has 0 spiro atoms. The lowest BCUT2D eigenvalue weighted by molar-refractivity contribution is -0.122. The van der Waals surface area contributed by atoms with E-state index in [9.17, 15) is 9.59 Å². The van der Waals surface area contributed by atoms with Crippen molar-refractivity contribution in [1.29, 1.82) is 0 Å². The van der Waals surface area contributed by atoms with Crippen LogP contribution in [0.3, 0.4) is 0 Å². The highest BCUT2D eigenvalue weighted by atomic mass is 35.5. The van der Waals surface area contributed by atoms with Gasteiger partial charge in [-0.15, -0.1) is 5.32 Å². The summed E-state index contributed by atoms with van der Waals surface area (Å²) in [6, 6.07) is 6.50. The second-order valence-corrected chi connectivity index (χ2v) is 3.80. The van der Waals surface area contributed by atoms with E-state index in [1.165, 1.54) is 0 Å². The van der Waals surface area contributed by atoms with Crippen molar-refractivity contribution in [2.24, 2.45) is 0 Å². The second-order valence-electron chi connectivity index (χ2n) is 3.36. The Bertz CT molecular complexity index is 405. The molecule has 0 bridgehead atoms. The summed E-state index contributed by atoms with van der Waals surface area (Å²) in [5.41, 5.74) is 0. The molecule has 0 fully saturated rings. The molecular weight excluding hydrogens is 258 g/mol. The van der Waals surface area contributed by atoms with Gasteiger partial charge in [-0.25, -0.2) is 4.79 Å². The van der Waals surface area contributed by atoms with E-state index in [0.29, 0.717) is 17.2 Å². The summed E-state index contributed by atoms with van der Waals surface area (Å²) in [6.45, 7) is 1.77. The number of benzene rings is 1. The maximum atomic E-state index is 11.2. The number of halogens is 1. The van der Waals surface area contributed by atoms with E-state index in [1.54, 1.807) is 24.3 Å². The van der Waals surface area contributed by atoms with Gasteiger partial charge in [-0.3, -0.25) is 4.79 Å². The molecule has 0 aromatic heterocycles. The normalized spacial score (nSPS) is 9.67. The number of hydrogen-bond donors (Lipinski definition) is 0. The number of imide groups is 1. The summed E-state index contributed by atoms with van der Waals surface area (Å²) in [5, 5.41) is 3.77. The number of amides is 2. The van der Waals surface area contributed by atoms with Crippen molar-refractivity contribution in [3.05, 3.63) is 29.3 Å². The highest BCUT2D eigenvalue weighted by molar-refractivity contribution is 6.30. The van der Waals surface area contributed by atoms with E-state index >= 15 is 0 Å². The highest BCUT2D eigenvalue weighted by Gasteiger charge is 2.11. The van der Waals surface area contributed by atoms with Gasteiger partial charge in [0.1, 0.15) is 5.75 Å². The molecule has 97 valence electrons. The third-order valence-corrected chi connectivity index (χ3v) is 2.07. The number of hydrogen-bond acceptors (Lipinski definition) is 4. The summed E-state index contributed by atoms with van der Waals surface area (Å²) in [5.74, 6) is -0.212. The Balaban J connectivity index is 2.28. The number of ether oxygens (including phenoxy) is 2. The van der Waals surface area contributed by atoms with Gasteiger partial charge in [-0.2, -0.15) is 0 Å². The van der Waals surface area contributed by atoms with Crippen LogP contribution in [0.15, 0.2) is 24.3 Å². The van der Waals surface area contributed by atoms with Gasteiger partial charge in [-0.1, -0.05) is 18.5 Å². The van der Waals surface area contributed by atoms with E-state index in [-0.39, 0.29) is 13.2 Å². The van der Waals surface area contributed by atoms with Crippen molar-refractivity contribution >= 4 is 23.6 Å². The predicted octanol–water partition coefficient (Wildman–Crippen LogP) is 2.40. The first kappa shape index (κ1) is 14.3. The SMILES string of the molecule is CCCOC(=O)[N]C(=O)COc1ccc(Cl)cc1. The zero-order valence-corrected chi connectivity index (χ0v) is 10.6. The Hall–Kier alpha value is -1.75. The first-order valence-electron chi connectivity index (χ1n) is 5.41. The van der Waals surface area contributed by atoms with Crippen molar-refractivity contribution in [2.45, 2.75) is 13.3 Å². The Morgan fingerprint density at radius 3 is 2.56 bits per heavy atom. The summed E-state index contributed by atoms with van der Waals surface area (Å²) < 4.78 is 9.75. The summed E-state index contributed by atoms with van der Waals surface area (Å²) in [4.78, 5) is 22.2. The van der Waals surface area contributed by atoms with Crippen LogP contribution in [-0.2, 0) is 9.53 Å². The molecule has 18 heavy (non-hydrogen) atoms. The monoisotopic (exact) mass is 270 g/mol. The standard InChI is InChI=1S/C12H13ClNO4/c1-2-7-17-12(16)14-11(15)8-18-10-5-3-9(13)4-6-10/h3-6H,2,7-8H2,1H3. The van der Waals surface area contributed by atoms with Gasteiger partial charge in [0.25, 0.3) is 5.91 Å². The third kappa shape index (κ3) is 5.54. The molecule has 0 aliphatic rings. The molecule has 5 nitrogen and oxygen atoms in total. The van der Waals surface area contributed by atoms with Crippen LogP contribution in [0, 0.1) is 0 Å². The second kappa shape index (κ2) is 7.55. The fourth-order valence-corrected chi connectivity index (χ4v) is 1.16. The van der Waals surface area contributed by atoms with Crippen molar-refractivity contribution in [1.82, 2.24) is 5.32 Å². The zero-order valence-electron chi connectivity index (χ0n) is 9.89. The summed E-state index contributed by atoms with van der Waals surface area (Å²) >= 11 is 5.69. The van der Waals surface area contributed by atoms with Gasteiger partial charge < -0.3 is 9.47 Å². The average molecular weight is 271 g/mol. The lowest BCUT2D eigenvalue weighted by atomic mass is 10.3. The van der Waals surface area contributed by atoms with Gasteiger partial charge in [0.05, 0.1) is 6.61 Å². The topological polar surface area (TPSA) is 66.7 Å². The lowest BCUT2D eigenvalue weighted by Crippen LogP contribution is -2.28. The third-order valence-electron chi connectivity index (χ3n) is 1.82. The molecule has 6 heteroatoms. The smallest absolute Gasteiger partial charge is 0.436 e. The van der Waals surface area contributed by atoms with E-state index < -0.39 is 12.0 Å². The molecule has 0 saturated heterocycles. The molecule has 1 rings (SSSR count). The van der Waals surface area contributed by atoms with Crippen LogP contribution in [0.4, 0.5) is 4.79 Å². The van der Waals surface area contributed by atoms with E-state index in [2.05, 4.69) is 10.1 Å². The minimum Gasteiger partial charge on any atom is -0.484 e. The van der Waals surface area contributed by atoms with E-state index in [0.717, 1.165) is 0 Å². The van der Waals surface area contributed by atoms with Crippen LogP contribution < -0.4 is 10.1 Å². The van der Waals surface area contributed by atoms with Crippen molar-refractivity contribution < 1.29 is 19.1 Å². The van der Waals surface area contributed by atoms with Crippen LogP contribution in [0.5, 0.6) is 5.75 Å².